The van der Waals surface area contributed by atoms with Crippen molar-refractivity contribution in [1.82, 2.24) is 15.1 Å². The summed E-state index contributed by atoms with van der Waals surface area (Å²) in [6.45, 7) is 2.29. The third kappa shape index (κ3) is 2.82. The number of amides is 1. The van der Waals surface area contributed by atoms with E-state index in [9.17, 15) is 9.90 Å². The average Bonchev–Trinajstić information content (AvgIpc) is 3.00. The van der Waals surface area contributed by atoms with Crippen LogP contribution in [0.2, 0.25) is 0 Å². The Morgan fingerprint density at radius 3 is 2.86 bits per heavy atom. The van der Waals surface area contributed by atoms with E-state index in [-0.39, 0.29) is 5.91 Å². The maximum atomic E-state index is 12.3. The van der Waals surface area contributed by atoms with Gasteiger partial charge < -0.3 is 10.4 Å². The zero-order chi connectivity index (χ0) is 15.0. The Bertz CT molecular complexity index is 633. The summed E-state index contributed by atoms with van der Waals surface area (Å²) >= 11 is 1.45. The van der Waals surface area contributed by atoms with Gasteiger partial charge in [0.25, 0.3) is 5.91 Å². The molecule has 2 N–H and O–H groups in total. The number of aromatic nitrogens is 2. The van der Waals surface area contributed by atoms with Gasteiger partial charge >= 0.3 is 0 Å². The first-order valence-electron chi connectivity index (χ1n) is 7.42. The second-order valence-corrected chi connectivity index (χ2v) is 7.04. The Balaban J connectivity index is 1.70. The summed E-state index contributed by atoms with van der Waals surface area (Å²) < 4.78 is 1.81. The molecule has 3 rings (SSSR count). The van der Waals surface area contributed by atoms with Crippen molar-refractivity contribution in [1.29, 1.82) is 0 Å². The van der Waals surface area contributed by atoms with E-state index >= 15 is 0 Å². The molecule has 0 saturated heterocycles. The summed E-state index contributed by atoms with van der Waals surface area (Å²) in [5.41, 5.74) is 0.218. The van der Waals surface area contributed by atoms with Crippen LogP contribution in [0, 0.1) is 6.92 Å². The van der Waals surface area contributed by atoms with Gasteiger partial charge in [-0.2, -0.15) is 5.10 Å². The van der Waals surface area contributed by atoms with Crippen molar-refractivity contribution < 1.29 is 9.90 Å². The molecule has 1 aliphatic carbocycles. The van der Waals surface area contributed by atoms with Gasteiger partial charge in [-0.25, -0.2) is 0 Å². The number of fused-ring (bicyclic) bond motifs is 1. The molecular formula is C15H21N3O2S. The van der Waals surface area contributed by atoms with Gasteiger partial charge in [0.1, 0.15) is 4.83 Å². The Morgan fingerprint density at radius 2 is 2.19 bits per heavy atom. The quantitative estimate of drug-likeness (QED) is 0.915. The zero-order valence-corrected chi connectivity index (χ0v) is 13.3. The third-order valence-corrected chi connectivity index (χ3v) is 5.48. The molecule has 1 saturated carbocycles. The van der Waals surface area contributed by atoms with Crippen LogP contribution in [0.5, 0.6) is 0 Å². The van der Waals surface area contributed by atoms with Crippen molar-refractivity contribution in [3.05, 3.63) is 16.6 Å². The maximum Gasteiger partial charge on any atom is 0.261 e. The molecule has 0 radical (unpaired) electrons. The highest BCUT2D eigenvalue weighted by Crippen LogP contribution is 2.29. The number of thiophene rings is 1. The van der Waals surface area contributed by atoms with Crippen molar-refractivity contribution in [2.45, 2.75) is 44.6 Å². The highest BCUT2D eigenvalue weighted by atomic mass is 32.1. The minimum atomic E-state index is -0.720. The minimum Gasteiger partial charge on any atom is -0.388 e. The summed E-state index contributed by atoms with van der Waals surface area (Å²) in [4.78, 5) is 14.0. The number of rotatable bonds is 3. The fourth-order valence-corrected chi connectivity index (χ4v) is 4.08. The van der Waals surface area contributed by atoms with Crippen LogP contribution in [0.1, 0.15) is 47.5 Å². The molecule has 0 bridgehead atoms. The number of aryl methyl sites for hydroxylation is 2. The molecule has 1 fully saturated rings. The van der Waals surface area contributed by atoms with E-state index in [0.29, 0.717) is 11.4 Å². The Labute approximate surface area is 128 Å². The fraction of sp³-hybridized carbons (Fsp3) is 0.600. The first-order chi connectivity index (χ1) is 9.98. The summed E-state index contributed by atoms with van der Waals surface area (Å²) in [7, 11) is 1.89. The average molecular weight is 307 g/mol. The zero-order valence-electron chi connectivity index (χ0n) is 12.5. The van der Waals surface area contributed by atoms with Crippen molar-refractivity contribution >= 4 is 27.5 Å². The number of nitrogens with zero attached hydrogens (tertiary/aromatic N) is 2. The van der Waals surface area contributed by atoms with E-state index in [1.165, 1.54) is 17.8 Å². The summed E-state index contributed by atoms with van der Waals surface area (Å²) in [6.07, 6.45) is 4.82. The molecule has 0 aliphatic heterocycles. The van der Waals surface area contributed by atoms with Gasteiger partial charge in [0.05, 0.1) is 16.2 Å². The summed E-state index contributed by atoms with van der Waals surface area (Å²) in [5, 5.41) is 18.7. The monoisotopic (exact) mass is 307 g/mol. The van der Waals surface area contributed by atoms with Gasteiger partial charge in [-0.3, -0.25) is 9.48 Å². The van der Waals surface area contributed by atoms with Gasteiger partial charge in [0.15, 0.2) is 0 Å². The summed E-state index contributed by atoms with van der Waals surface area (Å²) in [6, 6.07) is 1.89. The lowest BCUT2D eigenvalue weighted by atomic mass is 9.85. The van der Waals surface area contributed by atoms with E-state index in [1.54, 1.807) is 4.68 Å². The van der Waals surface area contributed by atoms with Crippen LogP contribution in [0.3, 0.4) is 0 Å². The van der Waals surface area contributed by atoms with Crippen LogP contribution in [0.4, 0.5) is 0 Å². The van der Waals surface area contributed by atoms with Crippen LogP contribution in [0.15, 0.2) is 6.07 Å². The predicted octanol–water partition coefficient (Wildman–Crippen LogP) is 2.37. The largest absolute Gasteiger partial charge is 0.388 e. The number of hydrogen-bond donors (Lipinski definition) is 2. The fourth-order valence-electron chi connectivity index (χ4n) is 3.04. The molecule has 6 heteroatoms. The van der Waals surface area contributed by atoms with Gasteiger partial charge in [0.2, 0.25) is 0 Å². The molecule has 1 amide bonds. The molecule has 5 nitrogen and oxygen atoms in total. The Hall–Kier alpha value is -1.40. The van der Waals surface area contributed by atoms with Gasteiger partial charge in [-0.1, -0.05) is 19.3 Å². The molecule has 2 aromatic rings. The van der Waals surface area contributed by atoms with Crippen LogP contribution >= 0.6 is 11.3 Å². The van der Waals surface area contributed by atoms with Crippen molar-refractivity contribution in [3.63, 3.8) is 0 Å². The molecule has 0 aromatic carbocycles. The maximum absolute atomic E-state index is 12.3. The standard InChI is InChI=1S/C15H21N3O2S/c1-10-11-8-12(21-14(11)18(2)17-10)13(19)16-9-15(20)6-4-3-5-7-15/h8,20H,3-7,9H2,1-2H3,(H,16,19). The molecule has 2 aromatic heterocycles. The Morgan fingerprint density at radius 1 is 1.48 bits per heavy atom. The predicted molar refractivity (Wildman–Crippen MR) is 83.7 cm³/mol. The van der Waals surface area contributed by atoms with Crippen LogP contribution in [-0.2, 0) is 7.05 Å². The lowest BCUT2D eigenvalue weighted by molar-refractivity contribution is 0.00529. The van der Waals surface area contributed by atoms with E-state index in [1.807, 2.05) is 20.0 Å². The Kier molecular flexibility index (Phi) is 3.75. The number of hydrogen-bond acceptors (Lipinski definition) is 4. The van der Waals surface area contributed by atoms with Gasteiger partial charge in [-0.05, 0) is 25.8 Å². The number of carbonyl (C=O) groups excluding carboxylic acids is 1. The van der Waals surface area contributed by atoms with Crippen molar-refractivity contribution in [2.75, 3.05) is 6.54 Å². The molecule has 0 atom stereocenters. The number of nitrogens with one attached hydrogen (secondary N) is 1. The first kappa shape index (κ1) is 14.5. The topological polar surface area (TPSA) is 67.2 Å². The van der Waals surface area contributed by atoms with Crippen LogP contribution < -0.4 is 5.32 Å². The third-order valence-electron chi connectivity index (χ3n) is 4.28. The molecule has 21 heavy (non-hydrogen) atoms. The van der Waals surface area contributed by atoms with Gasteiger partial charge in [-0.15, -0.1) is 11.3 Å². The number of aliphatic hydroxyl groups is 1. The molecule has 114 valence electrons. The minimum absolute atomic E-state index is 0.102. The van der Waals surface area contributed by atoms with Crippen LogP contribution in [-0.4, -0.2) is 32.9 Å². The van der Waals surface area contributed by atoms with Crippen molar-refractivity contribution in [3.8, 4) is 0 Å². The van der Waals surface area contributed by atoms with Crippen LogP contribution in [0.25, 0.3) is 10.2 Å². The number of carbonyl (C=O) groups is 1. The molecular weight excluding hydrogens is 286 g/mol. The normalized spacial score (nSPS) is 18.0. The molecule has 0 unspecified atom stereocenters. The van der Waals surface area contributed by atoms with E-state index in [4.69, 9.17) is 0 Å². The smallest absolute Gasteiger partial charge is 0.261 e. The van der Waals surface area contributed by atoms with E-state index < -0.39 is 5.60 Å². The van der Waals surface area contributed by atoms with Gasteiger partial charge in [0, 0.05) is 19.0 Å². The second-order valence-electron chi connectivity index (χ2n) is 6.01. The highest BCUT2D eigenvalue weighted by Gasteiger charge is 2.29. The molecule has 2 heterocycles. The van der Waals surface area contributed by atoms with E-state index in [2.05, 4.69) is 10.4 Å². The second kappa shape index (κ2) is 5.42. The summed E-state index contributed by atoms with van der Waals surface area (Å²) in [5.74, 6) is -0.102. The lowest BCUT2D eigenvalue weighted by Gasteiger charge is -2.32. The van der Waals surface area contributed by atoms with E-state index in [0.717, 1.165) is 41.6 Å². The lowest BCUT2D eigenvalue weighted by Crippen LogP contribution is -2.44. The highest BCUT2D eigenvalue weighted by molar-refractivity contribution is 7.20. The molecule has 0 spiro atoms. The first-order valence-corrected chi connectivity index (χ1v) is 8.24. The molecule has 1 aliphatic rings. The van der Waals surface area contributed by atoms with Crippen molar-refractivity contribution in [2.24, 2.45) is 7.05 Å². The SMILES string of the molecule is Cc1nn(C)c2sc(C(=O)NCC3(O)CCCCC3)cc12.